The number of aliphatic hydroxyl groups is 1. The van der Waals surface area contributed by atoms with Gasteiger partial charge in [0.1, 0.15) is 29.7 Å². The van der Waals surface area contributed by atoms with Crippen molar-refractivity contribution in [2.24, 2.45) is 0 Å². The van der Waals surface area contributed by atoms with Crippen LogP contribution in [0.3, 0.4) is 0 Å². The molecule has 0 saturated carbocycles. The number of hydrogen-bond acceptors (Lipinski definition) is 6. The SMILES string of the molecule is CC(O)(Cn1cncn1)c1cnc(Oc2ccc(C(F)(F)F)nc2)cc1C(F)(F)F. The molecule has 0 saturated heterocycles. The van der Waals surface area contributed by atoms with Crippen LogP contribution in [0.15, 0.2) is 43.2 Å². The molecule has 0 radical (unpaired) electrons. The molecular formula is C17H13F6N5O2. The molecule has 3 aromatic rings. The number of halogens is 6. The van der Waals surface area contributed by atoms with Gasteiger partial charge < -0.3 is 9.84 Å². The molecule has 3 rings (SSSR count). The van der Waals surface area contributed by atoms with Gasteiger partial charge in [0.05, 0.1) is 18.3 Å². The molecule has 30 heavy (non-hydrogen) atoms. The quantitative estimate of drug-likeness (QED) is 0.616. The van der Waals surface area contributed by atoms with Gasteiger partial charge in [-0.1, -0.05) is 0 Å². The molecular weight excluding hydrogens is 420 g/mol. The molecule has 1 atom stereocenters. The zero-order valence-corrected chi connectivity index (χ0v) is 15.1. The highest BCUT2D eigenvalue weighted by molar-refractivity contribution is 5.37. The number of ether oxygens (including phenoxy) is 1. The Morgan fingerprint density at radius 1 is 1.00 bits per heavy atom. The van der Waals surface area contributed by atoms with E-state index in [-0.39, 0.29) is 12.3 Å². The van der Waals surface area contributed by atoms with E-state index in [1.165, 1.54) is 6.33 Å². The van der Waals surface area contributed by atoms with Crippen molar-refractivity contribution in [3.05, 3.63) is 60.1 Å². The summed E-state index contributed by atoms with van der Waals surface area (Å²) in [5.41, 5.74) is -4.96. The maximum Gasteiger partial charge on any atom is 0.433 e. The van der Waals surface area contributed by atoms with E-state index in [1.807, 2.05) is 0 Å². The topological polar surface area (TPSA) is 86.0 Å². The Kier molecular flexibility index (Phi) is 5.41. The highest BCUT2D eigenvalue weighted by atomic mass is 19.4. The molecule has 0 spiro atoms. The number of aromatic nitrogens is 5. The van der Waals surface area contributed by atoms with Crippen molar-refractivity contribution in [2.45, 2.75) is 31.4 Å². The Hall–Kier alpha value is -3.22. The lowest BCUT2D eigenvalue weighted by Gasteiger charge is -2.26. The molecule has 3 aromatic heterocycles. The van der Waals surface area contributed by atoms with E-state index >= 15 is 0 Å². The summed E-state index contributed by atoms with van der Waals surface area (Å²) in [5.74, 6) is -0.782. The summed E-state index contributed by atoms with van der Waals surface area (Å²) < 4.78 is 84.7. The van der Waals surface area contributed by atoms with Crippen LogP contribution in [-0.4, -0.2) is 29.8 Å². The Morgan fingerprint density at radius 2 is 1.73 bits per heavy atom. The summed E-state index contributed by atoms with van der Waals surface area (Å²) in [5, 5.41) is 14.4. The number of hydrogen-bond donors (Lipinski definition) is 1. The summed E-state index contributed by atoms with van der Waals surface area (Å²) in [6, 6.07) is 2.07. The summed E-state index contributed by atoms with van der Waals surface area (Å²) in [7, 11) is 0. The van der Waals surface area contributed by atoms with Crippen LogP contribution in [0.25, 0.3) is 0 Å². The minimum absolute atomic E-state index is 0.245. The Bertz CT molecular complexity index is 1000. The Balaban J connectivity index is 1.91. The third-order valence-corrected chi connectivity index (χ3v) is 3.95. The van der Waals surface area contributed by atoms with Gasteiger partial charge in [-0.3, -0.25) is 0 Å². The molecule has 0 aliphatic heterocycles. The van der Waals surface area contributed by atoms with E-state index in [0.29, 0.717) is 18.3 Å². The molecule has 3 heterocycles. The van der Waals surface area contributed by atoms with Gasteiger partial charge in [0.15, 0.2) is 0 Å². The predicted molar refractivity (Wildman–Crippen MR) is 88.1 cm³/mol. The summed E-state index contributed by atoms with van der Waals surface area (Å²) >= 11 is 0. The van der Waals surface area contributed by atoms with E-state index in [1.54, 1.807) is 0 Å². The first-order valence-electron chi connectivity index (χ1n) is 8.20. The van der Waals surface area contributed by atoms with Gasteiger partial charge in [-0.25, -0.2) is 19.6 Å². The number of nitrogens with zero attached hydrogens (tertiary/aromatic N) is 5. The predicted octanol–water partition coefficient (Wildman–Crippen LogP) is 3.81. The standard InChI is InChI=1S/C17H13F6N5O2/c1-15(29,7-28-9-24-8-27-28)12-6-26-14(4-11(12)16(18,19)20)30-10-2-3-13(25-5-10)17(21,22)23/h2-6,8-9,29H,7H2,1H3. The number of pyridine rings is 2. The third kappa shape index (κ3) is 4.84. The zero-order chi connectivity index (χ0) is 22.2. The summed E-state index contributed by atoms with van der Waals surface area (Å²) in [6.07, 6.45) is -5.66. The molecule has 1 N–H and O–H groups in total. The first kappa shape index (κ1) is 21.5. The van der Waals surface area contributed by atoms with E-state index in [2.05, 4.69) is 20.1 Å². The molecule has 1 unspecified atom stereocenters. The van der Waals surface area contributed by atoms with Crippen molar-refractivity contribution in [1.29, 1.82) is 0 Å². The molecule has 0 aromatic carbocycles. The van der Waals surface area contributed by atoms with Crippen molar-refractivity contribution < 1.29 is 36.2 Å². The van der Waals surface area contributed by atoms with Crippen molar-refractivity contribution in [1.82, 2.24) is 24.7 Å². The second-order valence-corrected chi connectivity index (χ2v) is 6.41. The van der Waals surface area contributed by atoms with Gasteiger partial charge in [-0.05, 0) is 19.1 Å². The van der Waals surface area contributed by atoms with Gasteiger partial charge in [0.2, 0.25) is 5.88 Å². The normalized spacial score (nSPS) is 14.4. The summed E-state index contributed by atoms with van der Waals surface area (Å²) in [6.45, 7) is 0.821. The Labute approximate surface area is 165 Å². The largest absolute Gasteiger partial charge is 0.437 e. The molecule has 0 aliphatic rings. The maximum atomic E-state index is 13.6. The van der Waals surface area contributed by atoms with Crippen LogP contribution in [0.5, 0.6) is 11.6 Å². The van der Waals surface area contributed by atoms with Crippen molar-refractivity contribution >= 4 is 0 Å². The van der Waals surface area contributed by atoms with Gasteiger partial charge >= 0.3 is 12.4 Å². The van der Waals surface area contributed by atoms with E-state index in [9.17, 15) is 31.4 Å². The number of alkyl halides is 6. The molecule has 0 bridgehead atoms. The van der Waals surface area contributed by atoms with Gasteiger partial charge in [0, 0.05) is 17.8 Å². The molecule has 0 fully saturated rings. The van der Waals surface area contributed by atoms with E-state index < -0.39 is 40.7 Å². The lowest BCUT2D eigenvalue weighted by Crippen LogP contribution is -2.31. The fourth-order valence-corrected chi connectivity index (χ4v) is 2.60. The van der Waals surface area contributed by atoms with Crippen LogP contribution >= 0.6 is 0 Å². The molecule has 0 aliphatic carbocycles. The highest BCUT2D eigenvalue weighted by Crippen LogP contribution is 2.39. The first-order chi connectivity index (χ1) is 13.9. The van der Waals surface area contributed by atoms with Crippen LogP contribution in [0.4, 0.5) is 26.3 Å². The van der Waals surface area contributed by atoms with Crippen molar-refractivity contribution in [3.8, 4) is 11.6 Å². The fraction of sp³-hybridized carbons (Fsp3) is 0.294. The van der Waals surface area contributed by atoms with Gasteiger partial charge in [0.25, 0.3) is 0 Å². The number of rotatable bonds is 5. The average molecular weight is 433 g/mol. The Morgan fingerprint density at radius 3 is 2.27 bits per heavy atom. The van der Waals surface area contributed by atoms with Crippen LogP contribution < -0.4 is 4.74 Å². The van der Waals surface area contributed by atoms with Crippen LogP contribution in [0.2, 0.25) is 0 Å². The summed E-state index contributed by atoms with van der Waals surface area (Å²) in [4.78, 5) is 10.6. The maximum absolute atomic E-state index is 13.6. The van der Waals surface area contributed by atoms with E-state index in [0.717, 1.165) is 30.2 Å². The van der Waals surface area contributed by atoms with Crippen molar-refractivity contribution in [3.63, 3.8) is 0 Å². The van der Waals surface area contributed by atoms with Gasteiger partial charge in [-0.15, -0.1) is 0 Å². The fourth-order valence-electron chi connectivity index (χ4n) is 2.60. The zero-order valence-electron chi connectivity index (χ0n) is 15.1. The van der Waals surface area contributed by atoms with Crippen LogP contribution in [0, 0.1) is 0 Å². The lowest BCUT2D eigenvalue weighted by molar-refractivity contribution is -0.141. The third-order valence-electron chi connectivity index (χ3n) is 3.95. The lowest BCUT2D eigenvalue weighted by atomic mass is 9.92. The second-order valence-electron chi connectivity index (χ2n) is 6.41. The van der Waals surface area contributed by atoms with E-state index in [4.69, 9.17) is 4.74 Å². The first-order valence-corrected chi connectivity index (χ1v) is 8.20. The van der Waals surface area contributed by atoms with Crippen LogP contribution in [-0.2, 0) is 24.5 Å². The van der Waals surface area contributed by atoms with Crippen molar-refractivity contribution in [2.75, 3.05) is 0 Å². The minimum Gasteiger partial charge on any atom is -0.437 e. The molecule has 0 amide bonds. The molecule has 160 valence electrons. The molecule has 7 nitrogen and oxygen atoms in total. The monoisotopic (exact) mass is 433 g/mol. The van der Waals surface area contributed by atoms with Gasteiger partial charge in [-0.2, -0.15) is 31.4 Å². The minimum atomic E-state index is -4.87. The second kappa shape index (κ2) is 7.55. The van der Waals surface area contributed by atoms with Crippen LogP contribution in [0.1, 0.15) is 23.7 Å². The average Bonchev–Trinajstić information content (AvgIpc) is 3.13. The smallest absolute Gasteiger partial charge is 0.433 e. The highest BCUT2D eigenvalue weighted by Gasteiger charge is 2.40. The molecule has 13 heteroatoms.